The Labute approximate surface area is 369 Å². The first-order chi connectivity index (χ1) is 30.4. The number of piperidine rings is 2. The highest BCUT2D eigenvalue weighted by Crippen LogP contribution is 2.46. The SMILES string of the molecule is [C-]#[N+]c1ccc2c3c([nH]c2c1)C(C)(C)c1cc(N2CCC(N4CCN(CC(=O)NCCCCCc5cccc6c5CN(C5CCC(=O)NC5=O)C6=O)CC4)CC2)c(CC)cc1C3=O. The van der Waals surface area contributed by atoms with Gasteiger partial charge in [0, 0.05) is 104 Å². The summed E-state index contributed by atoms with van der Waals surface area (Å²) in [5.74, 6) is -0.697. The van der Waals surface area contributed by atoms with Gasteiger partial charge in [0.1, 0.15) is 6.04 Å². The fraction of sp³-hybridized carbons (Fsp3) is 0.480. The molecule has 0 radical (unpaired) electrons. The van der Waals surface area contributed by atoms with E-state index in [4.69, 9.17) is 6.57 Å². The molecule has 5 heterocycles. The molecule has 1 aliphatic carbocycles. The third-order valence-corrected chi connectivity index (χ3v) is 14.5. The third-order valence-electron chi connectivity index (χ3n) is 14.5. The quantitative estimate of drug-likeness (QED) is 0.0893. The lowest BCUT2D eigenvalue weighted by Gasteiger charge is -2.44. The summed E-state index contributed by atoms with van der Waals surface area (Å²) in [5.41, 5.74) is 9.68. The molecule has 0 saturated carbocycles. The van der Waals surface area contributed by atoms with Crippen molar-refractivity contribution >= 4 is 51.7 Å². The second-order valence-corrected chi connectivity index (χ2v) is 18.6. The van der Waals surface area contributed by atoms with Crippen LogP contribution in [-0.2, 0) is 39.2 Å². The van der Waals surface area contributed by atoms with E-state index >= 15 is 0 Å². The molecule has 4 amide bonds. The molecule has 9 rings (SSSR count). The van der Waals surface area contributed by atoms with E-state index in [0.717, 1.165) is 129 Å². The normalized spacial score (nSPS) is 20.4. The number of amides is 4. The minimum atomic E-state index is -0.612. The molecule has 3 saturated heterocycles. The van der Waals surface area contributed by atoms with Crippen LogP contribution in [0.4, 0.5) is 11.4 Å². The maximum absolute atomic E-state index is 14.1. The Bertz CT molecular complexity index is 2540. The number of H-pyrrole nitrogens is 1. The molecule has 1 atom stereocenters. The first-order valence-corrected chi connectivity index (χ1v) is 22.9. The number of imide groups is 1. The number of anilines is 1. The van der Waals surface area contributed by atoms with Crippen LogP contribution < -0.4 is 15.5 Å². The maximum Gasteiger partial charge on any atom is 0.255 e. The molecule has 0 spiro atoms. The van der Waals surface area contributed by atoms with E-state index in [9.17, 15) is 24.0 Å². The average molecular weight is 851 g/mol. The molecule has 13 nitrogen and oxygen atoms in total. The largest absolute Gasteiger partial charge is 0.371 e. The number of hydrogen-bond donors (Lipinski definition) is 3. The third kappa shape index (κ3) is 8.04. The number of hydrogen-bond acceptors (Lipinski definition) is 8. The monoisotopic (exact) mass is 850 g/mol. The summed E-state index contributed by atoms with van der Waals surface area (Å²) in [5, 5.41) is 6.38. The Morgan fingerprint density at radius 2 is 1.70 bits per heavy atom. The zero-order valence-corrected chi connectivity index (χ0v) is 36.8. The van der Waals surface area contributed by atoms with Gasteiger partial charge in [0.05, 0.1) is 18.7 Å². The van der Waals surface area contributed by atoms with E-state index in [2.05, 4.69) is 74.1 Å². The summed E-state index contributed by atoms with van der Waals surface area (Å²) in [6, 6.07) is 15.7. The highest BCUT2D eigenvalue weighted by Gasteiger charge is 2.42. The molecule has 5 aliphatic rings. The van der Waals surface area contributed by atoms with Crippen LogP contribution in [0.1, 0.15) is 120 Å². The van der Waals surface area contributed by atoms with Gasteiger partial charge in [-0.25, -0.2) is 4.85 Å². The summed E-state index contributed by atoms with van der Waals surface area (Å²) in [6.07, 6.45) is 7.18. The number of nitrogens with one attached hydrogen (secondary N) is 3. The predicted octanol–water partition coefficient (Wildman–Crippen LogP) is 6.03. The van der Waals surface area contributed by atoms with Gasteiger partial charge in [-0.1, -0.05) is 51.5 Å². The number of aromatic amines is 1. The Balaban J connectivity index is 0.710. The molecule has 3 aromatic carbocycles. The molecule has 13 heteroatoms. The molecule has 3 N–H and O–H groups in total. The number of rotatable bonds is 12. The van der Waals surface area contributed by atoms with Crippen molar-refractivity contribution in [1.82, 2.24) is 30.3 Å². The summed E-state index contributed by atoms with van der Waals surface area (Å²) in [6.45, 7) is 21.1. The standard InChI is InChI=1S/C50H58N8O5/c1-5-31-26-37-39(50(2,3)47-45(46(37)61)36-14-13-33(51-4)27-40(36)53-47)28-42(31)57-20-17-34(18-21-57)56-24-22-55(23-25-56)30-44(60)52-19-8-6-7-10-32-11-9-12-35-38(32)29-58(49(35)63)41-15-16-43(59)54-48(41)62/h9,11-14,26-28,34,41,53H,5-8,10,15-25,29-30H2,1-3H3,(H,52,60)(H,54,59,62). The van der Waals surface area contributed by atoms with Crippen molar-refractivity contribution in [3.8, 4) is 0 Å². The van der Waals surface area contributed by atoms with E-state index in [0.29, 0.717) is 43.3 Å². The number of aryl methyl sites for hydroxylation is 2. The number of nitrogens with zero attached hydrogens (tertiary/aromatic N) is 5. The number of piperazine rings is 1. The van der Waals surface area contributed by atoms with Gasteiger partial charge in [-0.3, -0.25) is 39.1 Å². The fourth-order valence-electron chi connectivity index (χ4n) is 10.9. The van der Waals surface area contributed by atoms with Crippen molar-refractivity contribution < 1.29 is 24.0 Å². The zero-order valence-electron chi connectivity index (χ0n) is 36.8. The lowest BCUT2D eigenvalue weighted by atomic mass is 9.70. The second kappa shape index (κ2) is 17.4. The number of ketones is 1. The molecule has 4 aliphatic heterocycles. The number of carbonyl (C=O) groups is 5. The number of carbonyl (C=O) groups excluding carboxylic acids is 5. The van der Waals surface area contributed by atoms with Crippen LogP contribution in [-0.4, -0.2) is 114 Å². The molecule has 3 fully saturated rings. The second-order valence-electron chi connectivity index (χ2n) is 18.6. The fourth-order valence-corrected chi connectivity index (χ4v) is 10.9. The van der Waals surface area contributed by atoms with Crippen molar-refractivity contribution in [2.75, 3.05) is 57.3 Å². The van der Waals surface area contributed by atoms with Crippen LogP contribution in [0.2, 0.25) is 0 Å². The van der Waals surface area contributed by atoms with Crippen LogP contribution in [0, 0.1) is 6.57 Å². The minimum Gasteiger partial charge on any atom is -0.371 e. The molecule has 63 heavy (non-hydrogen) atoms. The summed E-state index contributed by atoms with van der Waals surface area (Å²) in [7, 11) is 0. The van der Waals surface area contributed by atoms with E-state index in [1.807, 2.05) is 24.3 Å². The Morgan fingerprint density at radius 1 is 0.905 bits per heavy atom. The maximum atomic E-state index is 14.1. The van der Waals surface area contributed by atoms with E-state index in [1.165, 1.54) is 11.3 Å². The van der Waals surface area contributed by atoms with Gasteiger partial charge in [0.15, 0.2) is 11.5 Å². The van der Waals surface area contributed by atoms with Crippen LogP contribution in [0.25, 0.3) is 15.7 Å². The van der Waals surface area contributed by atoms with Gasteiger partial charge in [0.2, 0.25) is 17.7 Å². The first-order valence-electron chi connectivity index (χ1n) is 22.9. The number of benzene rings is 3. The van der Waals surface area contributed by atoms with Gasteiger partial charge >= 0.3 is 0 Å². The number of fused-ring (bicyclic) bond motifs is 5. The molecular weight excluding hydrogens is 793 g/mol. The number of unbranched alkanes of at least 4 members (excludes halogenated alkanes) is 2. The van der Waals surface area contributed by atoms with Crippen LogP contribution >= 0.6 is 0 Å². The Morgan fingerprint density at radius 3 is 2.44 bits per heavy atom. The Hall–Kier alpha value is -5.84. The van der Waals surface area contributed by atoms with Crippen LogP contribution in [0.15, 0.2) is 48.5 Å². The summed E-state index contributed by atoms with van der Waals surface area (Å²) in [4.78, 5) is 80.5. The number of aromatic nitrogens is 1. The van der Waals surface area contributed by atoms with E-state index < -0.39 is 17.4 Å². The highest BCUT2D eigenvalue weighted by molar-refractivity contribution is 6.20. The van der Waals surface area contributed by atoms with Crippen molar-refractivity contribution in [2.45, 2.75) is 103 Å². The molecular formula is C50H58N8O5. The van der Waals surface area contributed by atoms with Gasteiger partial charge in [-0.15, -0.1) is 0 Å². The van der Waals surface area contributed by atoms with Crippen molar-refractivity contribution in [3.05, 3.63) is 105 Å². The first kappa shape index (κ1) is 42.5. The van der Waals surface area contributed by atoms with Crippen LogP contribution in [0.3, 0.4) is 0 Å². The van der Waals surface area contributed by atoms with Crippen molar-refractivity contribution in [3.63, 3.8) is 0 Å². The lowest BCUT2D eigenvalue weighted by Crippen LogP contribution is -2.54. The topological polar surface area (TPSA) is 143 Å². The molecule has 1 aromatic heterocycles. The van der Waals surface area contributed by atoms with E-state index in [1.54, 1.807) is 11.0 Å². The zero-order chi connectivity index (χ0) is 44.0. The summed E-state index contributed by atoms with van der Waals surface area (Å²) < 4.78 is 0. The highest BCUT2D eigenvalue weighted by atomic mass is 16.2. The van der Waals surface area contributed by atoms with E-state index in [-0.39, 0.29) is 29.9 Å². The average Bonchev–Trinajstić information content (AvgIpc) is 3.85. The van der Waals surface area contributed by atoms with Gasteiger partial charge < -0.3 is 20.1 Å². The Kier molecular flexibility index (Phi) is 11.7. The lowest BCUT2D eigenvalue weighted by molar-refractivity contribution is -0.137. The smallest absolute Gasteiger partial charge is 0.255 e. The van der Waals surface area contributed by atoms with Crippen molar-refractivity contribution in [1.29, 1.82) is 0 Å². The summed E-state index contributed by atoms with van der Waals surface area (Å²) >= 11 is 0. The van der Waals surface area contributed by atoms with Crippen molar-refractivity contribution in [2.24, 2.45) is 0 Å². The molecule has 4 aromatic rings. The minimum absolute atomic E-state index is 0.0564. The van der Waals surface area contributed by atoms with Gasteiger partial charge in [-0.2, -0.15) is 0 Å². The predicted molar refractivity (Wildman–Crippen MR) is 242 cm³/mol. The molecule has 0 bridgehead atoms. The molecule has 328 valence electrons. The molecule has 1 unspecified atom stereocenters. The van der Waals surface area contributed by atoms with Gasteiger partial charge in [-0.05, 0) is 91.5 Å². The van der Waals surface area contributed by atoms with Crippen LogP contribution in [0.5, 0.6) is 0 Å². The van der Waals surface area contributed by atoms with Gasteiger partial charge in [0.25, 0.3) is 5.91 Å².